The number of unbranched alkanes of at least 4 members (excludes halogenated alkanes) is 2. The minimum absolute atomic E-state index is 0.0396. The summed E-state index contributed by atoms with van der Waals surface area (Å²) in [5.74, 6) is -2.16. The zero-order valence-corrected chi connectivity index (χ0v) is 34.9. The van der Waals surface area contributed by atoms with Gasteiger partial charge in [0.15, 0.2) is 0 Å². The molecular weight excluding hydrogens is 795 g/mol. The lowest BCUT2D eigenvalue weighted by atomic mass is 10.0. The van der Waals surface area contributed by atoms with Crippen LogP contribution in [-0.4, -0.2) is 80.9 Å². The van der Waals surface area contributed by atoms with Crippen LogP contribution < -0.4 is 16.8 Å². The number of nitrogens with two attached hydrogens (primary N) is 2. The van der Waals surface area contributed by atoms with Gasteiger partial charge in [0.25, 0.3) is 26.0 Å². The van der Waals surface area contributed by atoms with Gasteiger partial charge in [0.2, 0.25) is 5.91 Å². The topological polar surface area (TPSA) is 216 Å². The number of aryl methyl sites for hydroxylation is 2. The number of aldehydes is 1. The number of benzene rings is 4. The quantitative estimate of drug-likeness (QED) is 0.0723. The maximum atomic E-state index is 14.8. The van der Waals surface area contributed by atoms with Crippen LogP contribution in [0.2, 0.25) is 0 Å². The highest BCUT2D eigenvalue weighted by atomic mass is 32.3. The molecule has 4 aromatic carbocycles. The average molecular weight is 848 g/mol. The molecular formula is C43H53N5O9S2. The van der Waals surface area contributed by atoms with Crippen molar-refractivity contribution in [3.63, 3.8) is 0 Å². The molecule has 16 heteroatoms. The smallest absolute Gasteiger partial charge is 0.417 e. The van der Waals surface area contributed by atoms with Gasteiger partial charge in [0, 0.05) is 6.42 Å². The van der Waals surface area contributed by atoms with Crippen LogP contribution in [0.15, 0.2) is 119 Å². The Morgan fingerprint density at radius 1 is 0.678 bits per heavy atom. The lowest BCUT2D eigenvalue weighted by molar-refractivity contribution is -0.139. The predicted octanol–water partition coefficient (Wildman–Crippen LogP) is 4.77. The molecule has 0 aliphatic heterocycles. The van der Waals surface area contributed by atoms with E-state index in [0.717, 1.165) is 0 Å². The fraction of sp³-hybridized carbons (Fsp3) is 0.349. The fourth-order valence-electron chi connectivity index (χ4n) is 6.33. The second kappa shape index (κ2) is 22.2. The molecule has 0 unspecified atom stereocenters. The van der Waals surface area contributed by atoms with Crippen LogP contribution in [0.3, 0.4) is 0 Å². The summed E-state index contributed by atoms with van der Waals surface area (Å²) in [5, 5.41) is 2.62. The molecule has 0 bridgehead atoms. The van der Waals surface area contributed by atoms with Gasteiger partial charge >= 0.3 is 6.09 Å². The number of hydrogen-bond acceptors (Lipinski definition) is 11. The molecule has 3 amide bonds. The van der Waals surface area contributed by atoms with Gasteiger partial charge in [-0.25, -0.2) is 26.5 Å². The molecule has 0 fully saturated rings. The average Bonchev–Trinajstić information content (AvgIpc) is 3.22. The molecule has 5 N–H and O–H groups in total. The van der Waals surface area contributed by atoms with Crippen molar-refractivity contribution in [2.24, 2.45) is 11.5 Å². The van der Waals surface area contributed by atoms with Crippen LogP contribution in [-0.2, 0) is 52.2 Å². The second-order valence-electron chi connectivity index (χ2n) is 14.1. The van der Waals surface area contributed by atoms with Crippen molar-refractivity contribution >= 4 is 44.2 Å². The number of carbonyl (C=O) groups is 4. The van der Waals surface area contributed by atoms with Gasteiger partial charge < -0.3 is 26.3 Å². The van der Waals surface area contributed by atoms with Crippen molar-refractivity contribution in [1.82, 2.24) is 13.9 Å². The number of hydrogen-bond donors (Lipinski definition) is 3. The van der Waals surface area contributed by atoms with Crippen molar-refractivity contribution in [2.75, 3.05) is 13.1 Å². The number of amides is 3. The molecule has 0 aromatic heterocycles. The van der Waals surface area contributed by atoms with Gasteiger partial charge in [-0.2, -0.15) is 0 Å². The molecule has 3 atom stereocenters. The van der Waals surface area contributed by atoms with E-state index in [-0.39, 0.29) is 52.3 Å². The first kappa shape index (κ1) is 46.4. The van der Waals surface area contributed by atoms with Crippen LogP contribution >= 0.6 is 0 Å². The molecule has 0 aliphatic rings. The fourth-order valence-corrected chi connectivity index (χ4v) is 10.3. The molecule has 316 valence electrons. The second-order valence-corrected chi connectivity index (χ2v) is 18.0. The summed E-state index contributed by atoms with van der Waals surface area (Å²) < 4.78 is 64.2. The Morgan fingerprint density at radius 2 is 1.15 bits per heavy atom. The molecule has 0 aliphatic carbocycles. The van der Waals surface area contributed by atoms with Gasteiger partial charge in [-0.3, -0.25) is 9.59 Å². The zero-order valence-electron chi connectivity index (χ0n) is 33.3. The number of carbonyl (C=O) groups excluding carboxylic acids is 4. The predicted molar refractivity (Wildman–Crippen MR) is 224 cm³/mol. The highest BCUT2D eigenvalue weighted by molar-refractivity contribution is 8.04. The van der Waals surface area contributed by atoms with E-state index in [1.807, 2.05) is 0 Å². The third-order valence-electron chi connectivity index (χ3n) is 9.58. The summed E-state index contributed by atoms with van der Waals surface area (Å²) in [4.78, 5) is 56.0. The molecule has 14 nitrogen and oxygen atoms in total. The lowest BCUT2D eigenvalue weighted by Crippen LogP contribution is -2.59. The van der Waals surface area contributed by atoms with Gasteiger partial charge in [-0.15, -0.1) is 0 Å². The summed E-state index contributed by atoms with van der Waals surface area (Å²) in [6.45, 7) is 3.69. The summed E-state index contributed by atoms with van der Waals surface area (Å²) in [6.07, 6.45) is 0.0827. The third kappa shape index (κ3) is 12.6. The van der Waals surface area contributed by atoms with Crippen LogP contribution in [0.4, 0.5) is 4.79 Å². The standard InChI is InChI=1S/C43H53N5O9S2/c1-32-19-23-37(24-20-32)58(53,54)48(59(55,56)38-25-21-33(2)22-26-38)40(18-10-12-28-45)41(50)46-39(29-34-13-5-3-6-14-34)42(51)47(36(30-49)17-9-11-27-44)43(52)57-31-35-15-7-4-8-16-35/h3-8,13-16,19-26,30,36,39-40H,9-12,17-18,27-29,31,44-45H2,1-2H3,(H,46,50)/t36-,39-,40+/m0/s1. The van der Waals surface area contributed by atoms with E-state index in [9.17, 15) is 36.0 Å². The van der Waals surface area contributed by atoms with Gasteiger partial charge in [0.05, 0.1) is 15.8 Å². The minimum Gasteiger partial charge on any atom is -0.444 e. The first-order chi connectivity index (χ1) is 28.2. The Morgan fingerprint density at radius 3 is 1.63 bits per heavy atom. The SMILES string of the molecule is Cc1ccc(S(=O)(=O)N([C@H](CCCCN)C(=O)N[C@@H](Cc2ccccc2)C(=O)N(C(=O)OCc2ccccc2)[C@H](C=O)CCCCN)S(=O)(=O)c2ccc(C)cc2)cc1. The molecule has 0 heterocycles. The van der Waals surface area contributed by atoms with Crippen molar-refractivity contribution in [3.05, 3.63) is 131 Å². The lowest BCUT2D eigenvalue weighted by Gasteiger charge is -2.33. The summed E-state index contributed by atoms with van der Waals surface area (Å²) >= 11 is 0. The summed E-state index contributed by atoms with van der Waals surface area (Å²) in [6, 6.07) is 23.3. The minimum atomic E-state index is -5.00. The van der Waals surface area contributed by atoms with E-state index >= 15 is 0 Å². The highest BCUT2D eigenvalue weighted by Gasteiger charge is 2.46. The van der Waals surface area contributed by atoms with Gasteiger partial charge in [0.1, 0.15) is 25.0 Å². The van der Waals surface area contributed by atoms with E-state index in [4.69, 9.17) is 16.2 Å². The molecule has 0 spiro atoms. The van der Waals surface area contributed by atoms with E-state index in [0.29, 0.717) is 59.2 Å². The van der Waals surface area contributed by atoms with E-state index in [1.165, 1.54) is 48.5 Å². The van der Waals surface area contributed by atoms with Crippen molar-refractivity contribution in [3.8, 4) is 0 Å². The van der Waals surface area contributed by atoms with Crippen molar-refractivity contribution in [1.29, 1.82) is 0 Å². The molecule has 0 radical (unpaired) electrons. The number of sulfonamides is 2. The van der Waals surface area contributed by atoms with Crippen LogP contribution in [0.25, 0.3) is 0 Å². The van der Waals surface area contributed by atoms with Crippen molar-refractivity contribution < 1.29 is 40.8 Å². The maximum Gasteiger partial charge on any atom is 0.417 e. The normalized spacial score (nSPS) is 13.2. The zero-order chi connectivity index (χ0) is 43.0. The molecule has 4 aromatic rings. The summed E-state index contributed by atoms with van der Waals surface area (Å²) in [5.41, 5.74) is 14.0. The maximum absolute atomic E-state index is 14.8. The first-order valence-electron chi connectivity index (χ1n) is 19.4. The highest BCUT2D eigenvalue weighted by Crippen LogP contribution is 2.30. The van der Waals surface area contributed by atoms with Gasteiger partial charge in [-0.1, -0.05) is 106 Å². The molecule has 59 heavy (non-hydrogen) atoms. The Hall–Kier alpha value is -5.26. The number of imide groups is 1. The van der Waals surface area contributed by atoms with Gasteiger partial charge in [-0.05, 0) is 94.4 Å². The van der Waals surface area contributed by atoms with E-state index in [1.54, 1.807) is 74.5 Å². The Balaban J connectivity index is 1.85. The van der Waals surface area contributed by atoms with Crippen molar-refractivity contribution in [2.45, 2.75) is 93.3 Å². The largest absolute Gasteiger partial charge is 0.444 e. The van der Waals surface area contributed by atoms with E-state index in [2.05, 4.69) is 5.32 Å². The molecule has 0 saturated carbocycles. The number of nitrogens with zero attached hydrogens (tertiary/aromatic N) is 2. The molecule has 4 rings (SSSR count). The number of rotatable bonds is 22. The Bertz CT molecular complexity index is 2130. The molecule has 0 saturated heterocycles. The first-order valence-corrected chi connectivity index (χ1v) is 22.3. The van der Waals surface area contributed by atoms with Crippen LogP contribution in [0.1, 0.15) is 60.8 Å². The Labute approximate surface area is 347 Å². The van der Waals surface area contributed by atoms with Crippen LogP contribution in [0.5, 0.6) is 0 Å². The van der Waals surface area contributed by atoms with Crippen LogP contribution in [0, 0.1) is 13.8 Å². The monoisotopic (exact) mass is 847 g/mol. The Kier molecular flexibility index (Phi) is 17.5. The number of nitrogens with one attached hydrogen (secondary N) is 1. The summed E-state index contributed by atoms with van der Waals surface area (Å²) in [7, 11) is -9.99. The van der Waals surface area contributed by atoms with E-state index < -0.39 is 56.1 Å². The number of ether oxygens (including phenoxy) is 1. The third-order valence-corrected chi connectivity index (χ3v) is 13.9.